The smallest absolute Gasteiger partial charge is 0.0840 e. The second kappa shape index (κ2) is 5.45. The molecule has 98 valence electrons. The van der Waals surface area contributed by atoms with Gasteiger partial charge in [0.2, 0.25) is 0 Å². The summed E-state index contributed by atoms with van der Waals surface area (Å²) in [7, 11) is 0. The summed E-state index contributed by atoms with van der Waals surface area (Å²) in [4.78, 5) is 0. The molecule has 2 aromatic heterocycles. The summed E-state index contributed by atoms with van der Waals surface area (Å²) in [6.07, 6.45) is 2.77. The van der Waals surface area contributed by atoms with Crippen LogP contribution in [0.5, 0.6) is 0 Å². The Morgan fingerprint density at radius 1 is 1.33 bits per heavy atom. The fourth-order valence-corrected chi connectivity index (χ4v) is 2.74. The van der Waals surface area contributed by atoms with E-state index in [-0.39, 0.29) is 0 Å². The average molecular weight is 332 g/mol. The van der Waals surface area contributed by atoms with Crippen molar-refractivity contribution in [2.24, 2.45) is 0 Å². The van der Waals surface area contributed by atoms with Crippen LogP contribution < -0.4 is 0 Å². The van der Waals surface area contributed by atoms with E-state index in [4.69, 9.17) is 11.6 Å². The normalized spacial score (nSPS) is 11.2. The fraction of sp³-hybridized carbons (Fsp3) is 0.500. The van der Waals surface area contributed by atoms with Crippen LogP contribution in [0.25, 0.3) is 0 Å². The number of aryl methyl sites for hydroxylation is 3. The molecular formula is C12H16BrClN4. The summed E-state index contributed by atoms with van der Waals surface area (Å²) in [6.45, 7) is 7.62. The highest BCUT2D eigenvalue weighted by Crippen LogP contribution is 2.23. The first-order chi connectivity index (χ1) is 8.56. The minimum Gasteiger partial charge on any atom is -0.267 e. The van der Waals surface area contributed by atoms with Gasteiger partial charge in [-0.05, 0) is 36.2 Å². The molecule has 0 amide bonds. The van der Waals surface area contributed by atoms with E-state index < -0.39 is 0 Å². The minimum atomic E-state index is 0.676. The van der Waals surface area contributed by atoms with Crippen LogP contribution in [-0.2, 0) is 19.5 Å². The van der Waals surface area contributed by atoms with E-state index in [2.05, 4.69) is 40.0 Å². The Labute approximate surface area is 120 Å². The molecule has 0 aliphatic rings. The van der Waals surface area contributed by atoms with Crippen LogP contribution in [-0.4, -0.2) is 19.6 Å². The van der Waals surface area contributed by atoms with Crippen LogP contribution >= 0.6 is 27.5 Å². The van der Waals surface area contributed by atoms with E-state index in [1.807, 2.05) is 22.5 Å². The zero-order valence-corrected chi connectivity index (χ0v) is 13.1. The molecule has 0 radical (unpaired) electrons. The van der Waals surface area contributed by atoms with Crippen molar-refractivity contribution in [2.45, 2.75) is 40.3 Å². The van der Waals surface area contributed by atoms with Crippen molar-refractivity contribution in [1.82, 2.24) is 19.6 Å². The SMILES string of the molecule is CCc1nn(CC)c(Cn2cc(Cl)c(C)n2)c1Br. The van der Waals surface area contributed by atoms with Gasteiger partial charge in [-0.3, -0.25) is 9.36 Å². The Balaban J connectivity index is 2.35. The van der Waals surface area contributed by atoms with Gasteiger partial charge in [0.1, 0.15) is 0 Å². The Kier molecular flexibility index (Phi) is 4.12. The molecule has 0 aliphatic carbocycles. The van der Waals surface area contributed by atoms with Crippen molar-refractivity contribution in [1.29, 1.82) is 0 Å². The zero-order valence-electron chi connectivity index (χ0n) is 10.7. The van der Waals surface area contributed by atoms with Gasteiger partial charge in [0.15, 0.2) is 0 Å². The van der Waals surface area contributed by atoms with E-state index in [1.165, 1.54) is 0 Å². The first-order valence-corrected chi connectivity index (χ1v) is 7.17. The molecule has 0 saturated carbocycles. The zero-order chi connectivity index (χ0) is 13.3. The highest BCUT2D eigenvalue weighted by Gasteiger charge is 2.15. The molecule has 6 heteroatoms. The molecule has 2 rings (SSSR count). The van der Waals surface area contributed by atoms with Crippen molar-refractivity contribution in [3.8, 4) is 0 Å². The molecule has 0 bridgehead atoms. The number of hydrogen-bond acceptors (Lipinski definition) is 2. The van der Waals surface area contributed by atoms with Crippen molar-refractivity contribution in [3.63, 3.8) is 0 Å². The lowest BCUT2D eigenvalue weighted by atomic mass is 10.3. The third kappa shape index (κ3) is 2.47. The number of hydrogen-bond donors (Lipinski definition) is 0. The van der Waals surface area contributed by atoms with Gasteiger partial charge < -0.3 is 0 Å². The molecule has 18 heavy (non-hydrogen) atoms. The summed E-state index contributed by atoms with van der Waals surface area (Å²) in [5, 5.41) is 9.65. The molecule has 4 nitrogen and oxygen atoms in total. The van der Waals surface area contributed by atoms with Gasteiger partial charge in [-0.25, -0.2) is 0 Å². The molecule has 0 spiro atoms. The summed E-state index contributed by atoms with van der Waals surface area (Å²) >= 11 is 9.65. The van der Waals surface area contributed by atoms with E-state index in [0.717, 1.165) is 34.5 Å². The van der Waals surface area contributed by atoms with Crippen molar-refractivity contribution < 1.29 is 0 Å². The summed E-state index contributed by atoms with van der Waals surface area (Å²) in [6, 6.07) is 0. The molecule has 2 aromatic rings. The van der Waals surface area contributed by atoms with Crippen LogP contribution in [0, 0.1) is 6.92 Å². The van der Waals surface area contributed by atoms with Gasteiger partial charge >= 0.3 is 0 Å². The molecule has 0 N–H and O–H groups in total. The Hall–Kier alpha value is -0.810. The highest BCUT2D eigenvalue weighted by molar-refractivity contribution is 9.10. The van der Waals surface area contributed by atoms with E-state index in [0.29, 0.717) is 11.6 Å². The quantitative estimate of drug-likeness (QED) is 0.860. The maximum atomic E-state index is 6.02. The topological polar surface area (TPSA) is 35.6 Å². The van der Waals surface area contributed by atoms with Gasteiger partial charge in [0.05, 0.1) is 33.1 Å². The lowest BCUT2D eigenvalue weighted by Crippen LogP contribution is -2.08. The average Bonchev–Trinajstić information content (AvgIpc) is 2.82. The van der Waals surface area contributed by atoms with Crippen LogP contribution in [0.3, 0.4) is 0 Å². The molecule has 2 heterocycles. The molecule has 0 unspecified atom stereocenters. The number of aromatic nitrogens is 4. The van der Waals surface area contributed by atoms with Gasteiger partial charge in [-0.15, -0.1) is 0 Å². The van der Waals surface area contributed by atoms with Gasteiger partial charge in [0.25, 0.3) is 0 Å². The lowest BCUT2D eigenvalue weighted by Gasteiger charge is -2.05. The molecular weight excluding hydrogens is 316 g/mol. The van der Waals surface area contributed by atoms with Crippen LogP contribution in [0.4, 0.5) is 0 Å². The van der Waals surface area contributed by atoms with Crippen molar-refractivity contribution in [2.75, 3.05) is 0 Å². The summed E-state index contributed by atoms with van der Waals surface area (Å²) in [5.74, 6) is 0. The maximum absolute atomic E-state index is 6.02. The van der Waals surface area contributed by atoms with Crippen molar-refractivity contribution in [3.05, 3.63) is 32.8 Å². The number of halogens is 2. The molecule has 0 aliphatic heterocycles. The molecule has 0 aromatic carbocycles. The van der Waals surface area contributed by atoms with E-state index in [9.17, 15) is 0 Å². The molecule has 0 fully saturated rings. The van der Waals surface area contributed by atoms with Crippen molar-refractivity contribution >= 4 is 27.5 Å². The second-order valence-corrected chi connectivity index (χ2v) is 5.34. The standard InChI is InChI=1S/C12H16BrClN4/c1-4-10-12(13)11(18(5-2)16-10)7-17-6-9(14)8(3)15-17/h6H,4-5,7H2,1-3H3. The van der Waals surface area contributed by atoms with Crippen LogP contribution in [0.2, 0.25) is 5.02 Å². The monoisotopic (exact) mass is 330 g/mol. The number of nitrogens with zero attached hydrogens (tertiary/aromatic N) is 4. The maximum Gasteiger partial charge on any atom is 0.0840 e. The van der Waals surface area contributed by atoms with Gasteiger partial charge in [-0.2, -0.15) is 10.2 Å². The molecule has 0 atom stereocenters. The fourth-order valence-electron chi connectivity index (χ4n) is 1.90. The Morgan fingerprint density at radius 3 is 2.56 bits per heavy atom. The van der Waals surface area contributed by atoms with E-state index in [1.54, 1.807) is 0 Å². The predicted octanol–water partition coefficient (Wildman–Crippen LogP) is 3.43. The Bertz CT molecular complexity index is 539. The van der Waals surface area contributed by atoms with E-state index >= 15 is 0 Å². The minimum absolute atomic E-state index is 0.676. The largest absolute Gasteiger partial charge is 0.267 e. The van der Waals surface area contributed by atoms with Crippen LogP contribution in [0.15, 0.2) is 10.7 Å². The number of rotatable bonds is 4. The first-order valence-electron chi connectivity index (χ1n) is 6.00. The Morgan fingerprint density at radius 2 is 2.06 bits per heavy atom. The first kappa shape index (κ1) is 13.6. The third-order valence-electron chi connectivity index (χ3n) is 2.89. The van der Waals surface area contributed by atoms with Crippen LogP contribution in [0.1, 0.15) is 30.9 Å². The molecule has 0 saturated heterocycles. The second-order valence-electron chi connectivity index (χ2n) is 4.14. The predicted molar refractivity (Wildman–Crippen MR) is 76.1 cm³/mol. The summed E-state index contributed by atoms with van der Waals surface area (Å²) in [5.41, 5.74) is 3.07. The third-order valence-corrected chi connectivity index (χ3v) is 4.18. The lowest BCUT2D eigenvalue weighted by molar-refractivity contribution is 0.571. The van der Waals surface area contributed by atoms with Gasteiger partial charge in [0, 0.05) is 12.7 Å². The summed E-state index contributed by atoms with van der Waals surface area (Å²) < 4.78 is 4.94. The highest BCUT2D eigenvalue weighted by atomic mass is 79.9. The van der Waals surface area contributed by atoms with Gasteiger partial charge in [-0.1, -0.05) is 18.5 Å².